The number of aryl methyl sites for hydroxylation is 1. The Labute approximate surface area is 168 Å². The van der Waals surface area contributed by atoms with Crippen LogP contribution in [0.2, 0.25) is 0 Å². The van der Waals surface area contributed by atoms with Crippen molar-refractivity contribution < 1.29 is 13.9 Å². The van der Waals surface area contributed by atoms with Crippen LogP contribution in [0.5, 0.6) is 0 Å². The molecule has 5 rings (SSSR count). The molecule has 0 spiro atoms. The lowest BCUT2D eigenvalue weighted by Crippen LogP contribution is -2.40. The highest BCUT2D eigenvalue weighted by molar-refractivity contribution is 5.96. The number of rotatable bonds is 3. The zero-order valence-electron chi connectivity index (χ0n) is 16.8. The summed E-state index contributed by atoms with van der Waals surface area (Å²) < 4.78 is 22.1. The van der Waals surface area contributed by atoms with Gasteiger partial charge in [0.15, 0.2) is 0 Å². The number of pyridine rings is 1. The fourth-order valence-corrected chi connectivity index (χ4v) is 5.18. The van der Waals surface area contributed by atoms with E-state index >= 15 is 4.39 Å². The normalized spacial score (nSPS) is 24.0. The Morgan fingerprint density at radius 2 is 2.07 bits per heavy atom. The number of esters is 1. The molecule has 7 heteroatoms. The number of aromatic nitrogens is 1. The first-order chi connectivity index (χ1) is 14.0. The Morgan fingerprint density at radius 1 is 1.28 bits per heavy atom. The third-order valence-corrected chi connectivity index (χ3v) is 6.74. The van der Waals surface area contributed by atoms with Crippen molar-refractivity contribution in [2.75, 3.05) is 31.6 Å². The molecule has 1 aromatic heterocycles. The van der Waals surface area contributed by atoms with E-state index in [0.29, 0.717) is 17.6 Å². The number of anilines is 1. The number of nitrogens with one attached hydrogen (secondary N) is 1. The number of halogens is 1. The van der Waals surface area contributed by atoms with E-state index in [1.54, 1.807) is 6.20 Å². The Morgan fingerprint density at radius 3 is 2.76 bits per heavy atom. The van der Waals surface area contributed by atoms with E-state index in [0.717, 1.165) is 56.4 Å². The monoisotopic (exact) mass is 399 g/mol. The van der Waals surface area contributed by atoms with Crippen molar-refractivity contribution in [2.24, 2.45) is 5.92 Å². The first kappa shape index (κ1) is 18.6. The Bertz CT molecular complexity index is 1050. The molecule has 1 saturated carbocycles. The van der Waals surface area contributed by atoms with Crippen molar-refractivity contribution >= 4 is 22.6 Å². The quantitative estimate of drug-likeness (QED) is 0.804. The van der Waals surface area contributed by atoms with Crippen LogP contribution in [0.15, 0.2) is 17.1 Å². The minimum atomic E-state index is -0.678. The van der Waals surface area contributed by atoms with E-state index < -0.39 is 17.2 Å². The van der Waals surface area contributed by atoms with Crippen LogP contribution in [0.1, 0.15) is 47.6 Å². The molecule has 2 aromatic rings. The first-order valence-electron chi connectivity index (χ1n) is 10.4. The summed E-state index contributed by atoms with van der Waals surface area (Å²) in [6, 6.07) is 1.95. The summed E-state index contributed by atoms with van der Waals surface area (Å²) in [7, 11) is 1.25. The lowest BCUT2D eigenvalue weighted by Gasteiger charge is -2.24. The topological polar surface area (TPSA) is 63.6 Å². The van der Waals surface area contributed by atoms with Crippen LogP contribution in [0.25, 0.3) is 10.9 Å². The fraction of sp³-hybridized carbons (Fsp3) is 0.545. The average Bonchev–Trinajstić information content (AvgIpc) is 3.47. The molecule has 1 aliphatic carbocycles. The average molecular weight is 399 g/mol. The molecule has 1 N–H and O–H groups in total. The molecule has 3 heterocycles. The zero-order chi connectivity index (χ0) is 20.3. The van der Waals surface area contributed by atoms with Gasteiger partial charge in [0.25, 0.3) is 0 Å². The number of ether oxygens (including phenoxy) is 1. The molecule has 0 unspecified atom stereocenters. The molecule has 154 valence electrons. The molecule has 0 bridgehead atoms. The van der Waals surface area contributed by atoms with Crippen molar-refractivity contribution in [3.05, 3.63) is 39.4 Å². The zero-order valence-corrected chi connectivity index (χ0v) is 16.8. The molecule has 2 saturated heterocycles. The summed E-state index contributed by atoms with van der Waals surface area (Å²) in [5.74, 6) is -0.538. The van der Waals surface area contributed by atoms with Crippen molar-refractivity contribution in [3.63, 3.8) is 0 Å². The Kier molecular flexibility index (Phi) is 4.38. The molecule has 1 aromatic carbocycles. The smallest absolute Gasteiger partial charge is 0.343 e. The molecule has 6 nitrogen and oxygen atoms in total. The van der Waals surface area contributed by atoms with E-state index in [1.165, 1.54) is 13.2 Å². The molecule has 29 heavy (non-hydrogen) atoms. The fourth-order valence-electron chi connectivity index (χ4n) is 5.18. The van der Waals surface area contributed by atoms with Gasteiger partial charge in [-0.25, -0.2) is 9.18 Å². The van der Waals surface area contributed by atoms with Crippen LogP contribution < -0.4 is 15.6 Å². The lowest BCUT2D eigenvalue weighted by atomic mass is 9.94. The van der Waals surface area contributed by atoms with Crippen LogP contribution >= 0.6 is 0 Å². The number of benzene rings is 1. The Balaban J connectivity index is 1.69. The van der Waals surface area contributed by atoms with Crippen LogP contribution in [0, 0.1) is 18.7 Å². The second kappa shape index (κ2) is 6.83. The Hall–Kier alpha value is -2.41. The summed E-state index contributed by atoms with van der Waals surface area (Å²) in [6.45, 7) is 4.52. The van der Waals surface area contributed by atoms with E-state index in [4.69, 9.17) is 4.74 Å². The lowest BCUT2D eigenvalue weighted by molar-refractivity contribution is 0.0598. The van der Waals surface area contributed by atoms with Gasteiger partial charge in [0, 0.05) is 36.8 Å². The number of hydrogen-bond donors (Lipinski definition) is 1. The highest BCUT2D eigenvalue weighted by Crippen LogP contribution is 2.41. The SMILES string of the molecule is COC(=O)c1cn(C2CC2)c2c(C)c(N3C[C@@H]4CCCN[C@@H]4C3)c(F)cc2c1=O. The van der Waals surface area contributed by atoms with Gasteiger partial charge in [0.2, 0.25) is 5.43 Å². The minimum Gasteiger partial charge on any atom is -0.465 e. The summed E-state index contributed by atoms with van der Waals surface area (Å²) in [4.78, 5) is 27.2. The molecule has 0 amide bonds. The number of carbonyl (C=O) groups excluding carboxylic acids is 1. The highest BCUT2D eigenvalue weighted by Gasteiger charge is 2.37. The minimum absolute atomic E-state index is 0.0326. The molecular formula is C22H26FN3O3. The predicted octanol–water partition coefficient (Wildman–Crippen LogP) is 2.76. The summed E-state index contributed by atoms with van der Waals surface area (Å²) in [5.41, 5.74) is 1.61. The molecule has 3 fully saturated rings. The number of methoxy groups -OCH3 is 1. The first-order valence-corrected chi connectivity index (χ1v) is 10.4. The standard InChI is InChI=1S/C22H26FN3O3/c1-12-19-15(21(27)16(22(28)29-2)10-26(19)14-5-6-14)8-17(23)20(12)25-9-13-4-3-7-24-18(13)11-25/h8,10,13-14,18,24H,3-7,9,11H2,1-2H3/t13-,18+/m0/s1. The van der Waals surface area contributed by atoms with Gasteiger partial charge >= 0.3 is 5.97 Å². The van der Waals surface area contributed by atoms with Crippen LogP contribution in [-0.2, 0) is 4.74 Å². The van der Waals surface area contributed by atoms with Crippen LogP contribution in [0.4, 0.5) is 10.1 Å². The van der Waals surface area contributed by atoms with E-state index in [1.807, 2.05) is 11.5 Å². The van der Waals surface area contributed by atoms with Crippen molar-refractivity contribution in [1.82, 2.24) is 9.88 Å². The van der Waals surface area contributed by atoms with Gasteiger partial charge in [-0.05, 0) is 56.7 Å². The molecule has 2 atom stereocenters. The summed E-state index contributed by atoms with van der Waals surface area (Å²) in [6.07, 6.45) is 5.91. The molecule has 0 radical (unpaired) electrons. The largest absolute Gasteiger partial charge is 0.465 e. The van der Waals surface area contributed by atoms with E-state index in [2.05, 4.69) is 10.2 Å². The molecular weight excluding hydrogens is 373 g/mol. The third-order valence-electron chi connectivity index (χ3n) is 6.74. The predicted molar refractivity (Wildman–Crippen MR) is 109 cm³/mol. The summed E-state index contributed by atoms with van der Waals surface area (Å²) >= 11 is 0. The van der Waals surface area contributed by atoms with Gasteiger partial charge < -0.3 is 19.5 Å². The van der Waals surface area contributed by atoms with E-state index in [9.17, 15) is 9.59 Å². The number of fused-ring (bicyclic) bond motifs is 2. The van der Waals surface area contributed by atoms with Gasteiger partial charge in [-0.1, -0.05) is 0 Å². The third kappa shape index (κ3) is 2.94. The number of piperidine rings is 1. The molecule has 3 aliphatic rings. The van der Waals surface area contributed by atoms with Gasteiger partial charge in [0.05, 0.1) is 18.3 Å². The van der Waals surface area contributed by atoms with Gasteiger partial charge in [-0.15, -0.1) is 0 Å². The summed E-state index contributed by atoms with van der Waals surface area (Å²) in [5, 5.41) is 3.82. The van der Waals surface area contributed by atoms with Gasteiger partial charge in [-0.2, -0.15) is 0 Å². The number of hydrogen-bond acceptors (Lipinski definition) is 5. The van der Waals surface area contributed by atoms with Crippen molar-refractivity contribution in [3.8, 4) is 0 Å². The van der Waals surface area contributed by atoms with Crippen molar-refractivity contribution in [1.29, 1.82) is 0 Å². The second-order valence-electron chi connectivity index (χ2n) is 8.60. The maximum absolute atomic E-state index is 15.3. The molecule has 2 aliphatic heterocycles. The number of carbonyl (C=O) groups is 1. The van der Waals surface area contributed by atoms with Gasteiger partial charge in [-0.3, -0.25) is 4.79 Å². The second-order valence-corrected chi connectivity index (χ2v) is 8.60. The van der Waals surface area contributed by atoms with Crippen molar-refractivity contribution in [2.45, 2.75) is 44.7 Å². The highest BCUT2D eigenvalue weighted by atomic mass is 19.1. The number of nitrogens with zero attached hydrogens (tertiary/aromatic N) is 2. The van der Waals surface area contributed by atoms with E-state index in [-0.39, 0.29) is 17.0 Å². The van der Waals surface area contributed by atoms with Crippen LogP contribution in [-0.4, -0.2) is 43.3 Å². The van der Waals surface area contributed by atoms with Gasteiger partial charge in [0.1, 0.15) is 11.4 Å². The maximum atomic E-state index is 15.3. The van der Waals surface area contributed by atoms with Crippen LogP contribution in [0.3, 0.4) is 0 Å². The maximum Gasteiger partial charge on any atom is 0.343 e.